The predicted molar refractivity (Wildman–Crippen MR) is 94.7 cm³/mol. The summed E-state index contributed by atoms with van der Waals surface area (Å²) in [6.07, 6.45) is 0.878. The number of carbonyl (C=O) groups excluding carboxylic acids is 1. The molecule has 0 amide bonds. The molecule has 136 valence electrons. The Morgan fingerprint density at radius 2 is 2.00 bits per heavy atom. The maximum absolute atomic E-state index is 12.5. The number of esters is 1. The number of halogens is 1. The molecule has 0 aliphatic heterocycles. The van der Waals surface area contributed by atoms with Gasteiger partial charge in [0.2, 0.25) is 0 Å². The van der Waals surface area contributed by atoms with Gasteiger partial charge in [0.25, 0.3) is 0 Å². The molecule has 0 saturated carbocycles. The average Bonchev–Trinajstić information content (AvgIpc) is 3.18. The Balaban J connectivity index is 1.72. The summed E-state index contributed by atoms with van der Waals surface area (Å²) >= 11 is 6.37. The largest absolute Gasteiger partial charge is 0.454 e. The van der Waals surface area contributed by atoms with Gasteiger partial charge in [-0.05, 0) is 29.3 Å². The minimum Gasteiger partial charge on any atom is -0.454 e. The van der Waals surface area contributed by atoms with Crippen molar-refractivity contribution in [3.8, 4) is 0 Å². The molecule has 0 unspecified atom stereocenters. The van der Waals surface area contributed by atoms with Gasteiger partial charge in [-0.25, -0.2) is 14.2 Å². The van der Waals surface area contributed by atoms with E-state index in [1.165, 1.54) is 0 Å². The van der Waals surface area contributed by atoms with Gasteiger partial charge in [0.15, 0.2) is 12.4 Å². The Hall–Kier alpha value is -2.74. The van der Waals surface area contributed by atoms with Crippen molar-refractivity contribution >= 4 is 17.6 Å². The second-order valence-electron chi connectivity index (χ2n) is 5.79. The Morgan fingerprint density at radius 3 is 2.73 bits per heavy atom. The molecule has 0 aliphatic carbocycles. The minimum absolute atomic E-state index is 0.0224. The Morgan fingerprint density at radius 1 is 1.23 bits per heavy atom. The normalized spacial score (nSPS) is 10.9. The van der Waals surface area contributed by atoms with Crippen molar-refractivity contribution in [1.82, 2.24) is 30.0 Å². The lowest BCUT2D eigenvalue weighted by atomic mass is 10.2. The zero-order chi connectivity index (χ0) is 18.5. The first-order valence-electron chi connectivity index (χ1n) is 8.29. The van der Waals surface area contributed by atoms with Crippen LogP contribution in [0, 0.1) is 6.92 Å². The van der Waals surface area contributed by atoms with Crippen LogP contribution < -0.4 is 0 Å². The van der Waals surface area contributed by atoms with Crippen LogP contribution >= 0.6 is 11.6 Å². The number of rotatable bonds is 7. The van der Waals surface area contributed by atoms with Crippen molar-refractivity contribution in [3.05, 3.63) is 58.1 Å². The summed E-state index contributed by atoms with van der Waals surface area (Å²) in [7, 11) is 0. The molecule has 0 spiro atoms. The van der Waals surface area contributed by atoms with Gasteiger partial charge in [-0.3, -0.25) is 0 Å². The number of tetrazole rings is 1. The van der Waals surface area contributed by atoms with E-state index in [0.717, 1.165) is 12.0 Å². The van der Waals surface area contributed by atoms with E-state index >= 15 is 0 Å². The number of carbonyl (C=O) groups is 1. The van der Waals surface area contributed by atoms with Gasteiger partial charge in [-0.15, -0.1) is 5.10 Å². The fraction of sp³-hybridized carbons (Fsp3) is 0.353. The third-order valence-electron chi connectivity index (χ3n) is 3.82. The summed E-state index contributed by atoms with van der Waals surface area (Å²) in [6, 6.07) is 9.76. The van der Waals surface area contributed by atoms with Gasteiger partial charge < -0.3 is 4.74 Å². The van der Waals surface area contributed by atoms with E-state index in [1.807, 2.05) is 37.3 Å². The highest BCUT2D eigenvalue weighted by molar-refractivity contribution is 6.32. The van der Waals surface area contributed by atoms with E-state index < -0.39 is 5.97 Å². The van der Waals surface area contributed by atoms with Crippen molar-refractivity contribution < 1.29 is 9.53 Å². The van der Waals surface area contributed by atoms with E-state index in [1.54, 1.807) is 16.3 Å². The van der Waals surface area contributed by atoms with E-state index in [9.17, 15) is 4.79 Å². The van der Waals surface area contributed by atoms with Crippen LogP contribution in [-0.4, -0.2) is 36.0 Å². The molecule has 0 radical (unpaired) electrons. The van der Waals surface area contributed by atoms with Crippen molar-refractivity contribution in [2.24, 2.45) is 0 Å². The van der Waals surface area contributed by atoms with Gasteiger partial charge in [0.1, 0.15) is 10.7 Å². The molecule has 1 aromatic carbocycles. The average molecular weight is 375 g/mol. The van der Waals surface area contributed by atoms with Gasteiger partial charge in [0, 0.05) is 6.54 Å². The quantitative estimate of drug-likeness (QED) is 0.591. The summed E-state index contributed by atoms with van der Waals surface area (Å²) in [5, 5.41) is 16.0. The highest BCUT2D eigenvalue weighted by Crippen LogP contribution is 2.22. The van der Waals surface area contributed by atoms with Gasteiger partial charge in [-0.2, -0.15) is 5.10 Å². The van der Waals surface area contributed by atoms with E-state index in [2.05, 4.69) is 20.6 Å². The lowest BCUT2D eigenvalue weighted by molar-refractivity contribution is 0.0455. The van der Waals surface area contributed by atoms with E-state index in [4.69, 9.17) is 16.3 Å². The van der Waals surface area contributed by atoms with Crippen molar-refractivity contribution in [3.63, 3.8) is 0 Å². The second kappa shape index (κ2) is 8.09. The molecule has 0 saturated heterocycles. The van der Waals surface area contributed by atoms with Crippen LogP contribution in [0.25, 0.3) is 0 Å². The van der Waals surface area contributed by atoms with Crippen LogP contribution in [0.3, 0.4) is 0 Å². The molecule has 0 aliphatic rings. The molecule has 0 bridgehead atoms. The summed E-state index contributed by atoms with van der Waals surface area (Å²) in [5.41, 5.74) is 1.82. The highest BCUT2D eigenvalue weighted by atomic mass is 35.5. The van der Waals surface area contributed by atoms with Crippen molar-refractivity contribution in [2.75, 3.05) is 0 Å². The maximum atomic E-state index is 12.5. The number of aryl methyl sites for hydroxylation is 2. The number of nitrogens with zero attached hydrogens (tertiary/aromatic N) is 6. The molecular formula is C17H19ClN6O2. The molecule has 2 heterocycles. The first kappa shape index (κ1) is 18.1. The molecular weight excluding hydrogens is 356 g/mol. The fourth-order valence-corrected chi connectivity index (χ4v) is 2.87. The molecule has 3 aromatic rings. The minimum atomic E-state index is -0.544. The predicted octanol–water partition coefficient (Wildman–Crippen LogP) is 2.65. The van der Waals surface area contributed by atoms with Gasteiger partial charge in [0.05, 0.1) is 12.2 Å². The lowest BCUT2D eigenvalue weighted by Crippen LogP contribution is -2.12. The molecule has 3 rings (SSSR count). The molecule has 0 fully saturated rings. The monoisotopic (exact) mass is 374 g/mol. The Kier molecular flexibility index (Phi) is 5.62. The fourth-order valence-electron chi connectivity index (χ4n) is 2.56. The number of hydrogen-bond acceptors (Lipinski definition) is 6. The molecule has 8 nitrogen and oxygen atoms in total. The number of aromatic nitrogens is 6. The number of hydrogen-bond donors (Lipinski definition) is 0. The Labute approximate surface area is 155 Å². The summed E-state index contributed by atoms with van der Waals surface area (Å²) in [6.45, 7) is 4.86. The second-order valence-corrected chi connectivity index (χ2v) is 6.15. The zero-order valence-corrected chi connectivity index (χ0v) is 15.3. The maximum Gasteiger partial charge on any atom is 0.343 e. The van der Waals surface area contributed by atoms with Crippen LogP contribution in [0.1, 0.15) is 40.8 Å². The van der Waals surface area contributed by atoms with Crippen LogP contribution in [0.2, 0.25) is 5.15 Å². The van der Waals surface area contributed by atoms with Gasteiger partial charge in [-0.1, -0.05) is 48.9 Å². The molecule has 9 heteroatoms. The van der Waals surface area contributed by atoms with Crippen LogP contribution in [0.4, 0.5) is 0 Å². The molecule has 0 atom stereocenters. The third-order valence-corrected chi connectivity index (χ3v) is 4.20. The zero-order valence-electron chi connectivity index (χ0n) is 14.6. The molecule has 26 heavy (non-hydrogen) atoms. The van der Waals surface area contributed by atoms with Gasteiger partial charge >= 0.3 is 5.97 Å². The topological polar surface area (TPSA) is 87.7 Å². The Bertz CT molecular complexity index is 890. The van der Waals surface area contributed by atoms with Crippen LogP contribution in [0.5, 0.6) is 0 Å². The lowest BCUT2D eigenvalue weighted by Gasteiger charge is -2.06. The summed E-state index contributed by atoms with van der Waals surface area (Å²) < 4.78 is 8.54. The summed E-state index contributed by atoms with van der Waals surface area (Å²) in [4.78, 5) is 12.5. The van der Waals surface area contributed by atoms with Crippen molar-refractivity contribution in [1.29, 1.82) is 0 Å². The first-order valence-corrected chi connectivity index (χ1v) is 8.67. The van der Waals surface area contributed by atoms with E-state index in [-0.39, 0.29) is 17.3 Å². The van der Waals surface area contributed by atoms with E-state index in [0.29, 0.717) is 24.6 Å². The smallest absolute Gasteiger partial charge is 0.343 e. The van der Waals surface area contributed by atoms with Crippen LogP contribution in [0.15, 0.2) is 30.3 Å². The molecule has 0 N–H and O–H groups in total. The highest BCUT2D eigenvalue weighted by Gasteiger charge is 2.22. The SMILES string of the molecule is CCCn1nnnc1COC(=O)c1c(C)nn(Cc2ccccc2)c1Cl. The number of benzene rings is 1. The summed E-state index contributed by atoms with van der Waals surface area (Å²) in [5.74, 6) is -0.0523. The van der Waals surface area contributed by atoms with Crippen LogP contribution in [-0.2, 0) is 24.4 Å². The standard InChI is InChI=1S/C17H19ClN6O2/c1-3-9-23-14(19-21-22-23)11-26-17(25)15-12(2)20-24(16(15)18)10-13-7-5-4-6-8-13/h4-8H,3,9-11H2,1-2H3. The van der Waals surface area contributed by atoms with Crippen molar-refractivity contribution in [2.45, 2.75) is 40.0 Å². The number of ether oxygens (including phenoxy) is 1. The first-order chi connectivity index (χ1) is 12.6. The third kappa shape index (κ3) is 3.91. The molecule has 2 aromatic heterocycles.